The minimum absolute atomic E-state index is 0.0412. The molecule has 1 aliphatic rings. The Morgan fingerprint density at radius 2 is 1.90 bits per heavy atom. The summed E-state index contributed by atoms with van der Waals surface area (Å²) in [5, 5.41) is 9.64. The first-order valence-electron chi connectivity index (χ1n) is 9.11. The highest BCUT2D eigenvalue weighted by Gasteiger charge is 2.33. The van der Waals surface area contributed by atoms with Crippen LogP contribution in [0.15, 0.2) is 50.9 Å². The molecule has 1 atom stereocenters. The van der Waals surface area contributed by atoms with Gasteiger partial charge in [-0.1, -0.05) is 18.2 Å². The Kier molecular flexibility index (Phi) is 6.74. The van der Waals surface area contributed by atoms with E-state index in [2.05, 4.69) is 5.32 Å². The number of benzene rings is 1. The second kappa shape index (κ2) is 8.92. The Morgan fingerprint density at radius 3 is 2.52 bits per heavy atom. The van der Waals surface area contributed by atoms with Gasteiger partial charge in [0.15, 0.2) is 0 Å². The molecule has 1 aliphatic heterocycles. The van der Waals surface area contributed by atoms with Crippen LogP contribution in [0.1, 0.15) is 18.4 Å². The van der Waals surface area contributed by atoms with Crippen LogP contribution in [0.4, 0.5) is 0 Å². The molecule has 29 heavy (non-hydrogen) atoms. The minimum atomic E-state index is -3.72. The highest BCUT2D eigenvalue weighted by Crippen LogP contribution is 2.26. The number of nitrogens with one attached hydrogen (secondary N) is 1. The average Bonchev–Trinajstić information content (AvgIpc) is 3.23. The van der Waals surface area contributed by atoms with E-state index in [4.69, 9.17) is 5.14 Å². The van der Waals surface area contributed by atoms with Crippen LogP contribution in [-0.4, -0.2) is 46.7 Å². The summed E-state index contributed by atoms with van der Waals surface area (Å²) in [5.41, 5.74) is 0.864. The van der Waals surface area contributed by atoms with Gasteiger partial charge >= 0.3 is 0 Å². The molecule has 0 aliphatic carbocycles. The summed E-state index contributed by atoms with van der Waals surface area (Å²) in [6.45, 7) is 0.970. The van der Waals surface area contributed by atoms with Gasteiger partial charge < -0.3 is 5.32 Å². The van der Waals surface area contributed by atoms with E-state index in [1.165, 1.54) is 27.8 Å². The van der Waals surface area contributed by atoms with Gasteiger partial charge in [-0.05, 0) is 48.4 Å². The lowest BCUT2D eigenvalue weighted by Crippen LogP contribution is -2.45. The number of carbonyl (C=O) groups is 1. The van der Waals surface area contributed by atoms with Crippen LogP contribution in [-0.2, 0) is 31.3 Å². The number of hydrogen-bond donors (Lipinski definition) is 2. The third-order valence-electron chi connectivity index (χ3n) is 4.81. The molecule has 1 aromatic carbocycles. The molecule has 0 unspecified atom stereocenters. The molecule has 1 aromatic heterocycles. The molecule has 0 spiro atoms. The number of thiophene rings is 1. The van der Waals surface area contributed by atoms with Crippen LogP contribution < -0.4 is 10.5 Å². The first-order chi connectivity index (χ1) is 13.7. The summed E-state index contributed by atoms with van der Waals surface area (Å²) in [6, 6.07) is 9.44. The van der Waals surface area contributed by atoms with E-state index in [0.717, 1.165) is 5.56 Å². The molecule has 8 nitrogen and oxygen atoms in total. The number of nitrogens with zero attached hydrogens (tertiary/aromatic N) is 1. The van der Waals surface area contributed by atoms with E-state index in [1.807, 2.05) is 0 Å². The van der Waals surface area contributed by atoms with Crippen LogP contribution in [0.5, 0.6) is 0 Å². The molecule has 11 heteroatoms. The maximum atomic E-state index is 12.7. The number of rotatable bonds is 7. The standard InChI is InChI=1S/C18H23N3O5S3/c19-28(23,24)16-7-5-14(6-8-16)9-10-20-18(22)15-3-1-11-21(13-15)29(25,26)17-4-2-12-27-17/h2,4-8,12,15H,1,3,9-11,13H2,(H,20,22)(H2,19,23,24)/t15-/m0/s1. The fourth-order valence-corrected chi connectivity index (χ4v) is 6.42. The van der Waals surface area contributed by atoms with E-state index in [-0.39, 0.29) is 23.3 Å². The van der Waals surface area contributed by atoms with Gasteiger partial charge in [0.2, 0.25) is 15.9 Å². The summed E-state index contributed by atoms with van der Waals surface area (Å²) in [6.07, 6.45) is 1.81. The quantitative estimate of drug-likeness (QED) is 0.645. The summed E-state index contributed by atoms with van der Waals surface area (Å²) in [7, 11) is -7.28. The van der Waals surface area contributed by atoms with Crippen molar-refractivity contribution in [2.75, 3.05) is 19.6 Å². The molecule has 1 fully saturated rings. The lowest BCUT2D eigenvalue weighted by Gasteiger charge is -2.30. The zero-order chi connectivity index (χ0) is 21.1. The fourth-order valence-electron chi connectivity index (χ4n) is 3.23. The van der Waals surface area contributed by atoms with Crippen molar-refractivity contribution in [3.05, 3.63) is 47.3 Å². The SMILES string of the molecule is NS(=O)(=O)c1ccc(CCNC(=O)[C@H]2CCCN(S(=O)(=O)c3cccs3)C2)cc1. The van der Waals surface area contributed by atoms with Crippen molar-refractivity contribution in [1.29, 1.82) is 0 Å². The molecule has 0 bridgehead atoms. The molecule has 2 aromatic rings. The van der Waals surface area contributed by atoms with Crippen molar-refractivity contribution in [1.82, 2.24) is 9.62 Å². The van der Waals surface area contributed by atoms with E-state index in [0.29, 0.717) is 36.6 Å². The molecule has 3 N–H and O–H groups in total. The molecular formula is C18H23N3O5S3. The third kappa shape index (κ3) is 5.43. The summed E-state index contributed by atoms with van der Waals surface area (Å²) in [4.78, 5) is 12.5. The monoisotopic (exact) mass is 457 g/mol. The Labute approximate surface area is 174 Å². The molecular weight excluding hydrogens is 434 g/mol. The van der Waals surface area contributed by atoms with Crippen molar-refractivity contribution >= 4 is 37.3 Å². The second-order valence-electron chi connectivity index (χ2n) is 6.86. The molecule has 2 heterocycles. The number of primary sulfonamides is 1. The van der Waals surface area contributed by atoms with Crippen molar-refractivity contribution < 1.29 is 21.6 Å². The van der Waals surface area contributed by atoms with Crippen molar-refractivity contribution in [2.45, 2.75) is 28.4 Å². The van der Waals surface area contributed by atoms with Gasteiger partial charge in [-0.2, -0.15) is 4.31 Å². The lowest BCUT2D eigenvalue weighted by atomic mass is 9.99. The lowest BCUT2D eigenvalue weighted by molar-refractivity contribution is -0.126. The first kappa shape index (κ1) is 21.9. The van der Waals surface area contributed by atoms with Gasteiger partial charge in [0.1, 0.15) is 4.21 Å². The number of piperidine rings is 1. The van der Waals surface area contributed by atoms with Crippen LogP contribution in [0.25, 0.3) is 0 Å². The van der Waals surface area contributed by atoms with Crippen molar-refractivity contribution in [3.8, 4) is 0 Å². The van der Waals surface area contributed by atoms with E-state index < -0.39 is 20.0 Å². The van der Waals surface area contributed by atoms with Gasteiger partial charge in [-0.3, -0.25) is 4.79 Å². The van der Waals surface area contributed by atoms with Crippen LogP contribution in [0, 0.1) is 5.92 Å². The highest BCUT2D eigenvalue weighted by molar-refractivity contribution is 7.91. The molecule has 0 saturated carbocycles. The Morgan fingerprint density at radius 1 is 1.17 bits per heavy atom. The van der Waals surface area contributed by atoms with Crippen LogP contribution in [0.2, 0.25) is 0 Å². The van der Waals surface area contributed by atoms with Crippen molar-refractivity contribution in [3.63, 3.8) is 0 Å². The summed E-state index contributed by atoms with van der Waals surface area (Å²) < 4.78 is 49.6. The smallest absolute Gasteiger partial charge is 0.252 e. The zero-order valence-electron chi connectivity index (χ0n) is 15.7. The van der Waals surface area contributed by atoms with Crippen LogP contribution >= 0.6 is 11.3 Å². The number of hydrogen-bond acceptors (Lipinski definition) is 6. The predicted octanol–water partition coefficient (Wildman–Crippen LogP) is 1.16. The minimum Gasteiger partial charge on any atom is -0.355 e. The van der Waals surface area contributed by atoms with E-state index >= 15 is 0 Å². The number of amides is 1. The molecule has 3 rings (SSSR count). The second-order valence-corrected chi connectivity index (χ2v) is 11.5. The number of nitrogens with two attached hydrogens (primary N) is 1. The van der Waals surface area contributed by atoms with Crippen molar-refractivity contribution in [2.24, 2.45) is 11.1 Å². The van der Waals surface area contributed by atoms with Gasteiger partial charge in [0.05, 0.1) is 10.8 Å². The Bertz CT molecular complexity index is 1050. The summed E-state index contributed by atoms with van der Waals surface area (Å²) >= 11 is 1.17. The highest BCUT2D eigenvalue weighted by atomic mass is 32.2. The molecule has 1 saturated heterocycles. The van der Waals surface area contributed by atoms with Gasteiger partial charge in [-0.15, -0.1) is 11.3 Å². The van der Waals surface area contributed by atoms with Gasteiger partial charge in [0.25, 0.3) is 10.0 Å². The fraction of sp³-hybridized carbons (Fsp3) is 0.389. The number of sulfonamides is 2. The van der Waals surface area contributed by atoms with Crippen LogP contribution in [0.3, 0.4) is 0 Å². The molecule has 1 amide bonds. The summed E-state index contributed by atoms with van der Waals surface area (Å²) in [5.74, 6) is -0.555. The van der Waals surface area contributed by atoms with Gasteiger partial charge in [0, 0.05) is 19.6 Å². The zero-order valence-corrected chi connectivity index (χ0v) is 18.1. The Hall–Kier alpha value is -1.79. The predicted molar refractivity (Wildman–Crippen MR) is 110 cm³/mol. The maximum absolute atomic E-state index is 12.7. The van der Waals surface area contributed by atoms with E-state index in [1.54, 1.807) is 29.6 Å². The number of carbonyl (C=O) groups excluding carboxylic acids is 1. The topological polar surface area (TPSA) is 127 Å². The molecule has 0 radical (unpaired) electrons. The largest absolute Gasteiger partial charge is 0.355 e. The average molecular weight is 458 g/mol. The molecule has 158 valence electrons. The van der Waals surface area contributed by atoms with E-state index in [9.17, 15) is 21.6 Å². The normalized spacial score (nSPS) is 18.4. The first-order valence-corrected chi connectivity index (χ1v) is 13.0. The van der Waals surface area contributed by atoms with Gasteiger partial charge in [-0.25, -0.2) is 22.0 Å². The maximum Gasteiger partial charge on any atom is 0.252 e. The Balaban J connectivity index is 1.53. The third-order valence-corrected chi connectivity index (χ3v) is 8.98.